The minimum absolute atomic E-state index is 0.0730. The van der Waals surface area contributed by atoms with Crippen molar-refractivity contribution < 1.29 is 17.6 Å². The zero-order valence-electron chi connectivity index (χ0n) is 10.2. The van der Waals surface area contributed by atoms with Crippen LogP contribution in [-0.4, -0.2) is 0 Å². The van der Waals surface area contributed by atoms with E-state index in [1.165, 1.54) is 36.0 Å². The topological polar surface area (TPSA) is 26.0 Å². The van der Waals surface area contributed by atoms with Crippen LogP contribution in [0.2, 0.25) is 0 Å². The van der Waals surface area contributed by atoms with Gasteiger partial charge in [-0.1, -0.05) is 12.1 Å². The molecule has 0 aromatic heterocycles. The van der Waals surface area contributed by atoms with E-state index in [0.717, 1.165) is 17.7 Å². The van der Waals surface area contributed by atoms with Crippen LogP contribution >= 0.6 is 11.8 Å². The molecular weight excluding hydrogens is 290 g/mol. The minimum Gasteiger partial charge on any atom is -0.396 e. The van der Waals surface area contributed by atoms with E-state index in [1.807, 2.05) is 0 Å². The van der Waals surface area contributed by atoms with Gasteiger partial charge >= 0.3 is 6.18 Å². The van der Waals surface area contributed by atoms with Crippen LogP contribution in [-0.2, 0) is 11.9 Å². The molecular formula is C14H11F4NS. The monoisotopic (exact) mass is 301 g/mol. The zero-order valence-corrected chi connectivity index (χ0v) is 11.1. The second kappa shape index (κ2) is 5.75. The van der Waals surface area contributed by atoms with E-state index >= 15 is 0 Å². The molecule has 0 spiro atoms. The number of hydrogen-bond donors (Lipinski definition) is 1. The first kappa shape index (κ1) is 14.7. The van der Waals surface area contributed by atoms with Crippen molar-refractivity contribution in [1.82, 2.24) is 0 Å². The summed E-state index contributed by atoms with van der Waals surface area (Å²) in [5.74, 6) is -0.0379. The Morgan fingerprint density at radius 2 is 1.65 bits per heavy atom. The Bertz CT molecular complexity index is 593. The van der Waals surface area contributed by atoms with Gasteiger partial charge in [-0.15, -0.1) is 11.8 Å². The van der Waals surface area contributed by atoms with E-state index in [2.05, 4.69) is 0 Å². The standard InChI is InChI=1S/C14H11F4NS/c15-12-7-11(5-6-13(12)19)20-8-9-1-3-10(4-2-9)14(16,17)18/h1-7H,8,19H2. The number of anilines is 1. The minimum atomic E-state index is -4.33. The third-order valence-electron chi connectivity index (χ3n) is 2.66. The van der Waals surface area contributed by atoms with E-state index < -0.39 is 17.6 Å². The SMILES string of the molecule is Nc1ccc(SCc2ccc(C(F)(F)F)cc2)cc1F. The molecule has 2 rings (SSSR count). The Morgan fingerprint density at radius 3 is 2.20 bits per heavy atom. The predicted octanol–water partition coefficient (Wildman–Crippen LogP) is 4.72. The fourth-order valence-electron chi connectivity index (χ4n) is 1.55. The van der Waals surface area contributed by atoms with Gasteiger partial charge in [-0.25, -0.2) is 4.39 Å². The Balaban J connectivity index is 2.02. The molecule has 0 atom stereocenters. The van der Waals surface area contributed by atoms with Crippen LogP contribution in [0.25, 0.3) is 0 Å². The lowest BCUT2D eigenvalue weighted by Crippen LogP contribution is -2.04. The van der Waals surface area contributed by atoms with Gasteiger partial charge < -0.3 is 5.73 Å². The fraction of sp³-hybridized carbons (Fsp3) is 0.143. The summed E-state index contributed by atoms with van der Waals surface area (Å²) in [6.45, 7) is 0. The van der Waals surface area contributed by atoms with Gasteiger partial charge in [-0.05, 0) is 35.9 Å². The highest BCUT2D eigenvalue weighted by Crippen LogP contribution is 2.30. The van der Waals surface area contributed by atoms with E-state index in [1.54, 1.807) is 6.07 Å². The number of halogens is 4. The van der Waals surface area contributed by atoms with E-state index in [9.17, 15) is 17.6 Å². The van der Waals surface area contributed by atoms with Crippen molar-refractivity contribution in [3.8, 4) is 0 Å². The fourth-order valence-corrected chi connectivity index (χ4v) is 2.43. The van der Waals surface area contributed by atoms with Crippen molar-refractivity contribution in [2.75, 3.05) is 5.73 Å². The number of hydrogen-bond acceptors (Lipinski definition) is 2. The number of rotatable bonds is 3. The largest absolute Gasteiger partial charge is 0.416 e. The predicted molar refractivity (Wildman–Crippen MR) is 71.8 cm³/mol. The second-order valence-electron chi connectivity index (χ2n) is 4.17. The molecule has 0 saturated heterocycles. The summed E-state index contributed by atoms with van der Waals surface area (Å²) in [6, 6.07) is 9.37. The van der Waals surface area contributed by atoms with Crippen LogP contribution in [0.15, 0.2) is 47.4 Å². The Morgan fingerprint density at radius 1 is 1.00 bits per heavy atom. The van der Waals surface area contributed by atoms with Gasteiger partial charge in [-0.3, -0.25) is 0 Å². The number of alkyl halides is 3. The molecule has 2 N–H and O–H groups in total. The maximum Gasteiger partial charge on any atom is 0.416 e. The molecule has 6 heteroatoms. The molecule has 2 aromatic rings. The third kappa shape index (κ3) is 3.66. The Kier molecular flexibility index (Phi) is 4.23. The summed E-state index contributed by atoms with van der Waals surface area (Å²) in [5.41, 5.74) is 5.50. The summed E-state index contributed by atoms with van der Waals surface area (Å²) >= 11 is 1.33. The maximum atomic E-state index is 13.2. The smallest absolute Gasteiger partial charge is 0.396 e. The highest BCUT2D eigenvalue weighted by Gasteiger charge is 2.29. The first-order valence-electron chi connectivity index (χ1n) is 5.70. The van der Waals surface area contributed by atoms with Crippen LogP contribution in [0, 0.1) is 5.82 Å². The molecule has 0 unspecified atom stereocenters. The lowest BCUT2D eigenvalue weighted by Gasteiger charge is -2.08. The number of nitrogen functional groups attached to an aromatic ring is 1. The first-order valence-corrected chi connectivity index (χ1v) is 6.69. The highest BCUT2D eigenvalue weighted by molar-refractivity contribution is 7.98. The van der Waals surface area contributed by atoms with E-state index in [4.69, 9.17) is 5.73 Å². The molecule has 2 aromatic carbocycles. The van der Waals surface area contributed by atoms with E-state index in [-0.39, 0.29) is 5.69 Å². The lowest BCUT2D eigenvalue weighted by atomic mass is 10.1. The molecule has 0 fully saturated rings. The average Bonchev–Trinajstić information content (AvgIpc) is 2.40. The Labute approximate surface area is 117 Å². The van der Waals surface area contributed by atoms with Crippen molar-refractivity contribution in [1.29, 1.82) is 0 Å². The van der Waals surface area contributed by atoms with Crippen LogP contribution < -0.4 is 5.73 Å². The van der Waals surface area contributed by atoms with Crippen molar-refractivity contribution >= 4 is 17.4 Å². The molecule has 0 bridgehead atoms. The molecule has 0 aliphatic carbocycles. The van der Waals surface area contributed by atoms with Crippen LogP contribution in [0.3, 0.4) is 0 Å². The summed E-state index contributed by atoms with van der Waals surface area (Å²) in [4.78, 5) is 0.677. The van der Waals surface area contributed by atoms with Gasteiger partial charge in [0, 0.05) is 10.6 Å². The molecule has 20 heavy (non-hydrogen) atoms. The van der Waals surface area contributed by atoms with Crippen LogP contribution in [0.5, 0.6) is 0 Å². The molecule has 0 amide bonds. The van der Waals surface area contributed by atoms with Crippen LogP contribution in [0.1, 0.15) is 11.1 Å². The van der Waals surface area contributed by atoms with Gasteiger partial charge in [-0.2, -0.15) is 13.2 Å². The maximum absolute atomic E-state index is 13.2. The van der Waals surface area contributed by atoms with E-state index in [0.29, 0.717) is 10.6 Å². The number of benzene rings is 2. The van der Waals surface area contributed by atoms with Gasteiger partial charge in [0.1, 0.15) is 5.82 Å². The molecule has 106 valence electrons. The molecule has 1 nitrogen and oxygen atoms in total. The van der Waals surface area contributed by atoms with Crippen molar-refractivity contribution in [3.05, 3.63) is 59.4 Å². The molecule has 0 heterocycles. The summed E-state index contributed by atoms with van der Waals surface area (Å²) in [5, 5.41) is 0. The normalized spacial score (nSPS) is 11.6. The summed E-state index contributed by atoms with van der Waals surface area (Å²) in [6.07, 6.45) is -4.33. The van der Waals surface area contributed by atoms with Crippen molar-refractivity contribution in [2.24, 2.45) is 0 Å². The van der Waals surface area contributed by atoms with Gasteiger partial charge in [0.25, 0.3) is 0 Å². The third-order valence-corrected chi connectivity index (χ3v) is 3.72. The van der Waals surface area contributed by atoms with Gasteiger partial charge in [0.15, 0.2) is 0 Å². The quantitative estimate of drug-likeness (QED) is 0.504. The van der Waals surface area contributed by atoms with Gasteiger partial charge in [0.2, 0.25) is 0 Å². The zero-order chi connectivity index (χ0) is 14.8. The average molecular weight is 301 g/mol. The lowest BCUT2D eigenvalue weighted by molar-refractivity contribution is -0.137. The van der Waals surface area contributed by atoms with Crippen molar-refractivity contribution in [2.45, 2.75) is 16.8 Å². The second-order valence-corrected chi connectivity index (χ2v) is 5.22. The first-order chi connectivity index (χ1) is 9.36. The highest BCUT2D eigenvalue weighted by atomic mass is 32.2. The molecule has 0 aliphatic heterocycles. The van der Waals surface area contributed by atoms with Gasteiger partial charge in [0.05, 0.1) is 11.3 Å². The van der Waals surface area contributed by atoms with Crippen LogP contribution in [0.4, 0.5) is 23.2 Å². The number of nitrogens with two attached hydrogens (primary N) is 1. The number of thioether (sulfide) groups is 1. The summed E-state index contributed by atoms with van der Waals surface area (Å²) < 4.78 is 50.4. The molecule has 0 radical (unpaired) electrons. The van der Waals surface area contributed by atoms with Crippen molar-refractivity contribution in [3.63, 3.8) is 0 Å². The molecule has 0 saturated carbocycles. The Hall–Kier alpha value is -1.69. The molecule has 0 aliphatic rings. The summed E-state index contributed by atoms with van der Waals surface area (Å²) in [7, 11) is 0.